The van der Waals surface area contributed by atoms with Crippen LogP contribution < -0.4 is 10.1 Å². The van der Waals surface area contributed by atoms with E-state index in [0.717, 1.165) is 25.2 Å². The van der Waals surface area contributed by atoms with Crippen molar-refractivity contribution in [2.45, 2.75) is 12.8 Å². The highest BCUT2D eigenvalue weighted by Crippen LogP contribution is 2.25. The maximum atomic E-state index is 11.7. The molecule has 4 heteroatoms. The molecule has 1 aromatic heterocycles. The Bertz CT molecular complexity index is 575. The number of hydrogen-bond acceptors (Lipinski definition) is 3. The minimum atomic E-state index is -0.172. The molecule has 0 fully saturated rings. The average molecular weight is 257 g/mol. The van der Waals surface area contributed by atoms with Gasteiger partial charge in [-0.1, -0.05) is 12.1 Å². The van der Waals surface area contributed by atoms with Crippen molar-refractivity contribution in [1.29, 1.82) is 0 Å². The molecule has 0 saturated heterocycles. The molecule has 98 valence electrons. The van der Waals surface area contributed by atoms with Gasteiger partial charge in [-0.15, -0.1) is 0 Å². The first-order valence-electron chi connectivity index (χ1n) is 6.39. The van der Waals surface area contributed by atoms with E-state index in [-0.39, 0.29) is 5.91 Å². The van der Waals surface area contributed by atoms with Crippen LogP contribution in [0.15, 0.2) is 41.0 Å². The summed E-state index contributed by atoms with van der Waals surface area (Å²) in [6.07, 6.45) is 3.27. The lowest BCUT2D eigenvalue weighted by Crippen LogP contribution is -2.25. The molecule has 3 rings (SSSR count). The quantitative estimate of drug-likeness (QED) is 0.913. The Morgan fingerprint density at radius 1 is 1.32 bits per heavy atom. The summed E-state index contributed by atoms with van der Waals surface area (Å²) in [5.41, 5.74) is 2.47. The third-order valence-corrected chi connectivity index (χ3v) is 3.20. The van der Waals surface area contributed by atoms with Crippen molar-refractivity contribution in [2.75, 3.05) is 13.2 Å². The number of nitrogens with one attached hydrogen (secondary N) is 1. The van der Waals surface area contributed by atoms with Crippen LogP contribution in [0.5, 0.6) is 5.75 Å². The monoisotopic (exact) mass is 257 g/mol. The lowest BCUT2D eigenvalue weighted by molar-refractivity contribution is 0.0926. The zero-order valence-electron chi connectivity index (χ0n) is 10.5. The molecule has 0 atom stereocenters. The van der Waals surface area contributed by atoms with E-state index in [2.05, 4.69) is 11.4 Å². The maximum absolute atomic E-state index is 11.7. The fourth-order valence-electron chi connectivity index (χ4n) is 2.21. The lowest BCUT2D eigenvalue weighted by Gasteiger charge is -2.05. The van der Waals surface area contributed by atoms with E-state index >= 15 is 0 Å². The molecule has 0 radical (unpaired) electrons. The molecule has 2 aromatic rings. The molecule has 1 aliphatic heterocycles. The first-order valence-corrected chi connectivity index (χ1v) is 6.39. The number of benzene rings is 1. The molecule has 1 amide bonds. The van der Waals surface area contributed by atoms with Gasteiger partial charge in [0, 0.05) is 13.0 Å². The Hall–Kier alpha value is -2.23. The van der Waals surface area contributed by atoms with Crippen molar-refractivity contribution in [3.63, 3.8) is 0 Å². The molecule has 2 heterocycles. The number of rotatable bonds is 4. The van der Waals surface area contributed by atoms with E-state index in [1.807, 2.05) is 12.1 Å². The first kappa shape index (κ1) is 11.8. The molecule has 19 heavy (non-hydrogen) atoms. The predicted octanol–water partition coefficient (Wildman–Crippen LogP) is 2.19. The van der Waals surface area contributed by atoms with Crippen molar-refractivity contribution in [3.8, 4) is 5.75 Å². The Labute approximate surface area is 111 Å². The summed E-state index contributed by atoms with van der Waals surface area (Å²) in [7, 11) is 0. The normalized spacial score (nSPS) is 12.8. The van der Waals surface area contributed by atoms with Crippen LogP contribution in [0.1, 0.15) is 21.7 Å². The summed E-state index contributed by atoms with van der Waals surface area (Å²) in [4.78, 5) is 11.7. The van der Waals surface area contributed by atoms with Crippen molar-refractivity contribution >= 4 is 5.91 Å². The van der Waals surface area contributed by atoms with Gasteiger partial charge >= 0.3 is 0 Å². The molecule has 0 unspecified atom stereocenters. The van der Waals surface area contributed by atoms with E-state index in [1.165, 1.54) is 17.4 Å². The molecule has 0 aliphatic carbocycles. The zero-order valence-corrected chi connectivity index (χ0v) is 10.5. The Morgan fingerprint density at radius 3 is 3.11 bits per heavy atom. The van der Waals surface area contributed by atoms with Gasteiger partial charge in [-0.25, -0.2) is 0 Å². The predicted molar refractivity (Wildman–Crippen MR) is 70.4 cm³/mol. The van der Waals surface area contributed by atoms with Gasteiger partial charge in [0.2, 0.25) is 0 Å². The topological polar surface area (TPSA) is 51.5 Å². The van der Waals surface area contributed by atoms with Gasteiger partial charge in [-0.2, -0.15) is 0 Å². The fraction of sp³-hybridized carbons (Fsp3) is 0.267. The number of ether oxygens (including phenoxy) is 1. The van der Waals surface area contributed by atoms with Gasteiger partial charge in [0.15, 0.2) is 5.76 Å². The molecule has 1 aromatic carbocycles. The zero-order chi connectivity index (χ0) is 13.1. The van der Waals surface area contributed by atoms with Crippen LogP contribution in [0, 0.1) is 0 Å². The Balaban J connectivity index is 1.54. The Morgan fingerprint density at radius 2 is 2.26 bits per heavy atom. The number of furan rings is 1. The SMILES string of the molecule is O=C(NCCc1ccc2c(c1)CCO2)c1ccco1. The van der Waals surface area contributed by atoms with Gasteiger partial charge in [0.1, 0.15) is 5.75 Å². The van der Waals surface area contributed by atoms with Crippen LogP contribution in [0.4, 0.5) is 0 Å². The number of hydrogen-bond donors (Lipinski definition) is 1. The smallest absolute Gasteiger partial charge is 0.286 e. The van der Waals surface area contributed by atoms with Crippen LogP contribution in [-0.4, -0.2) is 19.1 Å². The van der Waals surface area contributed by atoms with Crippen LogP contribution >= 0.6 is 0 Å². The van der Waals surface area contributed by atoms with Crippen LogP contribution in [0.25, 0.3) is 0 Å². The van der Waals surface area contributed by atoms with E-state index in [9.17, 15) is 4.79 Å². The van der Waals surface area contributed by atoms with Gasteiger partial charge in [-0.05, 0) is 35.7 Å². The summed E-state index contributed by atoms with van der Waals surface area (Å²) >= 11 is 0. The van der Waals surface area contributed by atoms with Crippen molar-refractivity contribution in [2.24, 2.45) is 0 Å². The second-order valence-electron chi connectivity index (χ2n) is 4.52. The summed E-state index contributed by atoms with van der Waals surface area (Å²) in [5.74, 6) is 1.17. The van der Waals surface area contributed by atoms with E-state index in [1.54, 1.807) is 12.1 Å². The standard InChI is InChI=1S/C15H15NO3/c17-15(14-2-1-8-18-14)16-7-5-11-3-4-13-12(10-11)6-9-19-13/h1-4,8,10H,5-7,9H2,(H,16,17). The molecule has 0 saturated carbocycles. The second-order valence-corrected chi connectivity index (χ2v) is 4.52. The van der Waals surface area contributed by atoms with Crippen LogP contribution in [0.3, 0.4) is 0 Å². The largest absolute Gasteiger partial charge is 0.493 e. The van der Waals surface area contributed by atoms with Crippen LogP contribution in [-0.2, 0) is 12.8 Å². The third-order valence-electron chi connectivity index (χ3n) is 3.20. The molecule has 4 nitrogen and oxygen atoms in total. The molecular formula is C15H15NO3. The fourth-order valence-corrected chi connectivity index (χ4v) is 2.21. The highest BCUT2D eigenvalue weighted by molar-refractivity contribution is 5.91. The van der Waals surface area contributed by atoms with Crippen molar-refractivity contribution < 1.29 is 13.9 Å². The number of carbonyl (C=O) groups excluding carboxylic acids is 1. The van der Waals surface area contributed by atoms with E-state index < -0.39 is 0 Å². The minimum absolute atomic E-state index is 0.172. The minimum Gasteiger partial charge on any atom is -0.493 e. The van der Waals surface area contributed by atoms with Gasteiger partial charge < -0.3 is 14.5 Å². The van der Waals surface area contributed by atoms with Crippen molar-refractivity contribution in [1.82, 2.24) is 5.32 Å². The number of amides is 1. The maximum Gasteiger partial charge on any atom is 0.286 e. The van der Waals surface area contributed by atoms with Crippen molar-refractivity contribution in [3.05, 3.63) is 53.5 Å². The number of carbonyl (C=O) groups is 1. The average Bonchev–Trinajstić information content (AvgIpc) is 3.09. The van der Waals surface area contributed by atoms with E-state index in [0.29, 0.717) is 12.3 Å². The Kier molecular flexibility index (Phi) is 3.23. The number of fused-ring (bicyclic) bond motifs is 1. The summed E-state index contributed by atoms with van der Waals surface area (Å²) in [6.45, 7) is 1.37. The third kappa shape index (κ3) is 2.62. The highest BCUT2D eigenvalue weighted by atomic mass is 16.5. The second kappa shape index (κ2) is 5.18. The molecule has 1 N–H and O–H groups in total. The van der Waals surface area contributed by atoms with Crippen LogP contribution in [0.2, 0.25) is 0 Å². The molecular weight excluding hydrogens is 242 g/mol. The van der Waals surface area contributed by atoms with Gasteiger partial charge in [0.25, 0.3) is 5.91 Å². The van der Waals surface area contributed by atoms with Gasteiger partial charge in [-0.3, -0.25) is 4.79 Å². The summed E-state index contributed by atoms with van der Waals surface area (Å²) in [5, 5.41) is 2.84. The van der Waals surface area contributed by atoms with E-state index in [4.69, 9.17) is 9.15 Å². The molecule has 0 bridgehead atoms. The molecule has 0 spiro atoms. The summed E-state index contributed by atoms with van der Waals surface area (Å²) < 4.78 is 10.5. The lowest BCUT2D eigenvalue weighted by atomic mass is 10.1. The summed E-state index contributed by atoms with van der Waals surface area (Å²) in [6, 6.07) is 9.56. The highest BCUT2D eigenvalue weighted by Gasteiger charge is 2.12. The van der Waals surface area contributed by atoms with Gasteiger partial charge in [0.05, 0.1) is 12.9 Å². The first-order chi connectivity index (χ1) is 9.33. The molecule has 1 aliphatic rings.